The van der Waals surface area contributed by atoms with E-state index >= 15 is 0 Å². The van der Waals surface area contributed by atoms with E-state index in [4.69, 9.17) is 0 Å². The third kappa shape index (κ3) is 2.20. The zero-order chi connectivity index (χ0) is 10.8. The first-order chi connectivity index (χ1) is 7.16. The number of halogens is 3. The largest absolute Gasteiger partial charge is 0.283 e. The molecule has 1 aromatic heterocycles. The Morgan fingerprint density at radius 2 is 1.87 bits per heavy atom. The van der Waals surface area contributed by atoms with E-state index in [0.29, 0.717) is 5.69 Å². The second-order valence-electron chi connectivity index (χ2n) is 2.87. The standard InChI is InChI=1S/C9H6BrF2N3/c10-6-1-3-7(4-2-6)15-5-8(9(11)12)13-14-15/h1-5,9H. The van der Waals surface area contributed by atoms with Crippen molar-refractivity contribution in [2.75, 3.05) is 0 Å². The molecule has 2 rings (SSSR count). The predicted molar refractivity (Wildman–Crippen MR) is 54.0 cm³/mol. The fraction of sp³-hybridized carbons (Fsp3) is 0.111. The number of rotatable bonds is 2. The Bertz CT molecular complexity index is 453. The average Bonchev–Trinajstić information content (AvgIpc) is 2.68. The Balaban J connectivity index is 2.33. The minimum absolute atomic E-state index is 0.321. The summed E-state index contributed by atoms with van der Waals surface area (Å²) in [6, 6.07) is 7.13. The van der Waals surface area contributed by atoms with Crippen molar-refractivity contribution in [1.29, 1.82) is 0 Å². The van der Waals surface area contributed by atoms with Gasteiger partial charge in [-0.15, -0.1) is 5.10 Å². The summed E-state index contributed by atoms with van der Waals surface area (Å²) in [7, 11) is 0. The van der Waals surface area contributed by atoms with Gasteiger partial charge in [-0.2, -0.15) is 0 Å². The maximum Gasteiger partial charge on any atom is 0.283 e. The van der Waals surface area contributed by atoms with Gasteiger partial charge in [-0.05, 0) is 24.3 Å². The highest BCUT2D eigenvalue weighted by Gasteiger charge is 2.12. The summed E-state index contributed by atoms with van der Waals surface area (Å²) in [6.45, 7) is 0. The van der Waals surface area contributed by atoms with Crippen LogP contribution in [0, 0.1) is 0 Å². The van der Waals surface area contributed by atoms with Crippen LogP contribution in [-0.4, -0.2) is 15.0 Å². The lowest BCUT2D eigenvalue weighted by molar-refractivity contribution is 0.146. The van der Waals surface area contributed by atoms with Gasteiger partial charge in [-0.3, -0.25) is 0 Å². The van der Waals surface area contributed by atoms with E-state index in [-0.39, 0.29) is 5.69 Å². The molecule has 6 heteroatoms. The van der Waals surface area contributed by atoms with Gasteiger partial charge in [-0.25, -0.2) is 13.5 Å². The van der Waals surface area contributed by atoms with Gasteiger partial charge in [0.25, 0.3) is 6.43 Å². The summed E-state index contributed by atoms with van der Waals surface area (Å²) in [5.74, 6) is 0. The summed E-state index contributed by atoms with van der Waals surface area (Å²) in [4.78, 5) is 0. The first-order valence-electron chi connectivity index (χ1n) is 4.13. The zero-order valence-corrected chi connectivity index (χ0v) is 9.03. The molecule has 78 valence electrons. The van der Waals surface area contributed by atoms with Crippen molar-refractivity contribution in [3.05, 3.63) is 40.6 Å². The molecule has 0 amide bonds. The minimum atomic E-state index is -2.59. The van der Waals surface area contributed by atoms with E-state index in [9.17, 15) is 8.78 Å². The molecule has 0 unspecified atom stereocenters. The van der Waals surface area contributed by atoms with Crippen molar-refractivity contribution >= 4 is 15.9 Å². The molecule has 0 saturated heterocycles. The predicted octanol–water partition coefficient (Wildman–Crippen LogP) is 2.97. The molecule has 2 aromatic rings. The zero-order valence-electron chi connectivity index (χ0n) is 7.44. The molecular formula is C9H6BrF2N3. The van der Waals surface area contributed by atoms with Crippen LogP contribution in [0.15, 0.2) is 34.9 Å². The van der Waals surface area contributed by atoms with Crippen LogP contribution < -0.4 is 0 Å². The average molecular weight is 274 g/mol. The molecule has 0 aliphatic carbocycles. The lowest BCUT2D eigenvalue weighted by Gasteiger charge is -1.98. The molecule has 0 bridgehead atoms. The van der Waals surface area contributed by atoms with Crippen LogP contribution >= 0.6 is 15.9 Å². The molecule has 15 heavy (non-hydrogen) atoms. The number of hydrogen-bond donors (Lipinski definition) is 0. The van der Waals surface area contributed by atoms with Gasteiger partial charge in [-0.1, -0.05) is 21.1 Å². The van der Waals surface area contributed by atoms with Crippen molar-refractivity contribution in [2.24, 2.45) is 0 Å². The van der Waals surface area contributed by atoms with Crippen molar-refractivity contribution in [3.8, 4) is 5.69 Å². The summed E-state index contributed by atoms with van der Waals surface area (Å²) in [5, 5.41) is 6.97. The van der Waals surface area contributed by atoms with Crippen molar-refractivity contribution in [1.82, 2.24) is 15.0 Å². The lowest BCUT2D eigenvalue weighted by atomic mass is 10.3. The van der Waals surface area contributed by atoms with Gasteiger partial charge < -0.3 is 0 Å². The van der Waals surface area contributed by atoms with Crippen LogP contribution in [-0.2, 0) is 0 Å². The minimum Gasteiger partial charge on any atom is -0.220 e. The number of alkyl halides is 2. The maximum atomic E-state index is 12.2. The van der Waals surface area contributed by atoms with Crippen molar-refractivity contribution < 1.29 is 8.78 Å². The van der Waals surface area contributed by atoms with Crippen LogP contribution in [0.4, 0.5) is 8.78 Å². The highest BCUT2D eigenvalue weighted by atomic mass is 79.9. The molecule has 1 heterocycles. The third-order valence-electron chi connectivity index (χ3n) is 1.83. The summed E-state index contributed by atoms with van der Waals surface area (Å²) in [5.41, 5.74) is 0.371. The van der Waals surface area contributed by atoms with Crippen LogP contribution in [0.1, 0.15) is 12.1 Å². The molecule has 1 aromatic carbocycles. The van der Waals surface area contributed by atoms with Gasteiger partial charge in [0.15, 0.2) is 0 Å². The van der Waals surface area contributed by atoms with Crippen LogP contribution in [0.3, 0.4) is 0 Å². The quantitative estimate of drug-likeness (QED) is 0.842. The monoisotopic (exact) mass is 273 g/mol. The Labute approximate surface area is 92.8 Å². The topological polar surface area (TPSA) is 30.7 Å². The number of benzene rings is 1. The lowest BCUT2D eigenvalue weighted by Crippen LogP contribution is -1.93. The Hall–Kier alpha value is -1.30. The van der Waals surface area contributed by atoms with E-state index in [1.807, 2.05) is 0 Å². The molecule has 0 aliphatic rings. The molecule has 0 aliphatic heterocycles. The van der Waals surface area contributed by atoms with Gasteiger partial charge in [0.05, 0.1) is 11.9 Å². The van der Waals surface area contributed by atoms with Crippen LogP contribution in [0.5, 0.6) is 0 Å². The molecule has 0 N–H and O–H groups in total. The Kier molecular flexibility index (Phi) is 2.77. The van der Waals surface area contributed by atoms with Gasteiger partial charge >= 0.3 is 0 Å². The number of nitrogens with zero attached hydrogens (tertiary/aromatic N) is 3. The van der Waals surface area contributed by atoms with E-state index in [0.717, 1.165) is 4.47 Å². The van der Waals surface area contributed by atoms with Crippen molar-refractivity contribution in [3.63, 3.8) is 0 Å². The van der Waals surface area contributed by atoms with Gasteiger partial charge in [0.1, 0.15) is 5.69 Å². The highest BCUT2D eigenvalue weighted by Crippen LogP contribution is 2.17. The molecule has 0 fully saturated rings. The first-order valence-corrected chi connectivity index (χ1v) is 4.92. The highest BCUT2D eigenvalue weighted by molar-refractivity contribution is 9.10. The summed E-state index contributed by atoms with van der Waals surface area (Å²) in [6.07, 6.45) is -1.37. The smallest absolute Gasteiger partial charge is 0.220 e. The van der Waals surface area contributed by atoms with E-state index < -0.39 is 6.43 Å². The third-order valence-corrected chi connectivity index (χ3v) is 2.35. The molecule has 3 nitrogen and oxygen atoms in total. The fourth-order valence-corrected chi connectivity index (χ4v) is 1.36. The molecule has 0 spiro atoms. The fourth-order valence-electron chi connectivity index (χ4n) is 1.10. The summed E-state index contributed by atoms with van der Waals surface area (Å²) >= 11 is 3.28. The molecule has 0 atom stereocenters. The summed E-state index contributed by atoms with van der Waals surface area (Å²) < 4.78 is 26.7. The van der Waals surface area contributed by atoms with E-state index in [1.54, 1.807) is 24.3 Å². The second kappa shape index (κ2) is 4.06. The number of hydrogen-bond acceptors (Lipinski definition) is 2. The van der Waals surface area contributed by atoms with E-state index in [2.05, 4.69) is 26.2 Å². The number of aromatic nitrogens is 3. The van der Waals surface area contributed by atoms with Crippen molar-refractivity contribution in [2.45, 2.75) is 6.43 Å². The second-order valence-corrected chi connectivity index (χ2v) is 3.78. The van der Waals surface area contributed by atoms with E-state index in [1.165, 1.54) is 10.9 Å². The Morgan fingerprint density at radius 1 is 1.20 bits per heavy atom. The SMILES string of the molecule is FC(F)c1cn(-c2ccc(Br)cc2)nn1. The molecular weight excluding hydrogens is 268 g/mol. The maximum absolute atomic E-state index is 12.2. The van der Waals surface area contributed by atoms with Crippen LogP contribution in [0.25, 0.3) is 5.69 Å². The van der Waals surface area contributed by atoms with Gasteiger partial charge in [0.2, 0.25) is 0 Å². The Morgan fingerprint density at radius 3 is 2.40 bits per heavy atom. The van der Waals surface area contributed by atoms with Gasteiger partial charge in [0, 0.05) is 4.47 Å². The normalized spacial score (nSPS) is 10.9. The molecule has 0 saturated carbocycles. The first kappa shape index (κ1) is 10.2. The van der Waals surface area contributed by atoms with Crippen LogP contribution in [0.2, 0.25) is 0 Å². The molecule has 0 radical (unpaired) electrons.